The van der Waals surface area contributed by atoms with Crippen molar-refractivity contribution in [3.05, 3.63) is 58.1 Å². The number of hydrogen-bond acceptors (Lipinski definition) is 3. The van der Waals surface area contributed by atoms with Gasteiger partial charge < -0.3 is 15.2 Å². The van der Waals surface area contributed by atoms with Gasteiger partial charge in [0.2, 0.25) is 0 Å². The van der Waals surface area contributed by atoms with Crippen LogP contribution in [0.3, 0.4) is 0 Å². The monoisotopic (exact) mass is 339 g/mol. The molecule has 2 aromatic rings. The van der Waals surface area contributed by atoms with Crippen LogP contribution in [0.15, 0.2) is 42.5 Å². The molecule has 0 radical (unpaired) electrons. The molecule has 1 atom stereocenters. The molecule has 0 heterocycles. The number of phenolic OH excluding ortho intramolecular Hbond substituents is 1. The van der Waals surface area contributed by atoms with Crippen LogP contribution >= 0.6 is 23.2 Å². The fourth-order valence-electron chi connectivity index (χ4n) is 1.84. The number of amides is 1. The molecule has 0 spiro atoms. The molecule has 0 aromatic heterocycles. The lowest BCUT2D eigenvalue weighted by Crippen LogP contribution is -2.31. The van der Waals surface area contributed by atoms with Gasteiger partial charge in [-0.2, -0.15) is 0 Å². The third-order valence-electron chi connectivity index (χ3n) is 3.03. The van der Waals surface area contributed by atoms with E-state index in [9.17, 15) is 4.79 Å². The van der Waals surface area contributed by atoms with E-state index >= 15 is 0 Å². The van der Waals surface area contributed by atoms with Crippen molar-refractivity contribution in [3.8, 4) is 11.5 Å². The minimum Gasteiger partial charge on any atom is -0.508 e. The quantitative estimate of drug-likeness (QED) is 0.866. The summed E-state index contributed by atoms with van der Waals surface area (Å²) in [5.74, 6) is 0.395. The zero-order chi connectivity index (χ0) is 16.1. The summed E-state index contributed by atoms with van der Waals surface area (Å²) in [6, 6.07) is 11.2. The summed E-state index contributed by atoms with van der Waals surface area (Å²) in [7, 11) is 0. The van der Waals surface area contributed by atoms with Crippen molar-refractivity contribution in [1.82, 2.24) is 5.32 Å². The van der Waals surface area contributed by atoms with Crippen molar-refractivity contribution < 1.29 is 14.6 Å². The largest absolute Gasteiger partial charge is 0.508 e. The maximum absolute atomic E-state index is 11.9. The summed E-state index contributed by atoms with van der Waals surface area (Å²) < 4.78 is 5.33. The number of carbonyl (C=O) groups excluding carboxylic acids is 1. The fourth-order valence-corrected chi connectivity index (χ4v) is 2.15. The van der Waals surface area contributed by atoms with Crippen LogP contribution in [0.1, 0.15) is 18.5 Å². The topological polar surface area (TPSA) is 58.6 Å². The van der Waals surface area contributed by atoms with Crippen molar-refractivity contribution in [2.75, 3.05) is 6.61 Å². The number of rotatable bonds is 5. The van der Waals surface area contributed by atoms with Gasteiger partial charge in [-0.3, -0.25) is 4.79 Å². The van der Waals surface area contributed by atoms with Gasteiger partial charge in [-0.05, 0) is 48.9 Å². The maximum atomic E-state index is 11.9. The Hall–Kier alpha value is -1.91. The summed E-state index contributed by atoms with van der Waals surface area (Å²) in [4.78, 5) is 11.9. The summed E-state index contributed by atoms with van der Waals surface area (Å²) in [6.45, 7) is 1.73. The molecule has 2 N–H and O–H groups in total. The van der Waals surface area contributed by atoms with Gasteiger partial charge in [0.1, 0.15) is 11.5 Å². The first-order valence-electron chi connectivity index (χ1n) is 6.62. The van der Waals surface area contributed by atoms with Crippen LogP contribution in [0, 0.1) is 0 Å². The average Bonchev–Trinajstić information content (AvgIpc) is 2.49. The van der Waals surface area contributed by atoms with Gasteiger partial charge in [0.25, 0.3) is 5.91 Å². The highest BCUT2D eigenvalue weighted by atomic mass is 35.5. The van der Waals surface area contributed by atoms with Crippen LogP contribution < -0.4 is 10.1 Å². The summed E-state index contributed by atoms with van der Waals surface area (Å²) in [5.41, 5.74) is 0.854. The van der Waals surface area contributed by atoms with Gasteiger partial charge >= 0.3 is 0 Å². The molecule has 1 amide bonds. The van der Waals surface area contributed by atoms with Crippen LogP contribution in [-0.4, -0.2) is 17.6 Å². The van der Waals surface area contributed by atoms with E-state index < -0.39 is 0 Å². The van der Waals surface area contributed by atoms with Crippen LogP contribution in [0.5, 0.6) is 11.5 Å². The van der Waals surface area contributed by atoms with E-state index in [0.717, 1.165) is 5.56 Å². The first-order valence-corrected chi connectivity index (χ1v) is 7.37. The first kappa shape index (κ1) is 16.5. The van der Waals surface area contributed by atoms with E-state index in [1.165, 1.54) is 12.1 Å². The predicted molar refractivity (Wildman–Crippen MR) is 86.6 cm³/mol. The van der Waals surface area contributed by atoms with Gasteiger partial charge in [0.15, 0.2) is 6.61 Å². The van der Waals surface area contributed by atoms with Gasteiger partial charge in [0, 0.05) is 0 Å². The molecule has 2 aromatic carbocycles. The minimum absolute atomic E-state index is 0.115. The molecule has 4 nitrogen and oxygen atoms in total. The molecular weight excluding hydrogens is 325 g/mol. The van der Waals surface area contributed by atoms with Gasteiger partial charge in [-0.25, -0.2) is 0 Å². The smallest absolute Gasteiger partial charge is 0.258 e. The molecule has 2 rings (SSSR count). The molecule has 116 valence electrons. The molecule has 0 fully saturated rings. The zero-order valence-corrected chi connectivity index (χ0v) is 13.4. The summed E-state index contributed by atoms with van der Waals surface area (Å²) >= 11 is 11.8. The van der Waals surface area contributed by atoms with E-state index in [1.54, 1.807) is 30.3 Å². The van der Waals surface area contributed by atoms with E-state index in [1.807, 2.05) is 6.92 Å². The summed E-state index contributed by atoms with van der Waals surface area (Å²) in [5, 5.41) is 12.9. The second-order valence-electron chi connectivity index (χ2n) is 4.75. The lowest BCUT2D eigenvalue weighted by Gasteiger charge is -2.15. The molecule has 0 aliphatic carbocycles. The third-order valence-corrected chi connectivity index (χ3v) is 3.77. The summed E-state index contributed by atoms with van der Waals surface area (Å²) in [6.07, 6.45) is 0. The van der Waals surface area contributed by atoms with Crippen LogP contribution in [0.4, 0.5) is 0 Å². The normalized spacial score (nSPS) is 11.8. The Morgan fingerprint density at radius 2 is 1.86 bits per heavy atom. The van der Waals surface area contributed by atoms with Crippen LogP contribution in [0.25, 0.3) is 0 Å². The van der Waals surface area contributed by atoms with E-state index in [2.05, 4.69) is 5.32 Å². The standard InChI is InChI=1S/C16H15Cl2NO3/c1-10(11-2-7-14(17)15(18)8-11)19-16(21)9-22-13-5-3-12(20)4-6-13/h2-8,10,20H,9H2,1H3,(H,19,21)/t10-/m0/s1. The molecule has 22 heavy (non-hydrogen) atoms. The lowest BCUT2D eigenvalue weighted by molar-refractivity contribution is -0.123. The Labute approximate surface area is 138 Å². The molecule has 0 saturated heterocycles. The second kappa shape index (κ2) is 7.38. The second-order valence-corrected chi connectivity index (χ2v) is 5.56. The number of ether oxygens (including phenoxy) is 1. The Bertz CT molecular complexity index is 659. The molecule has 0 bridgehead atoms. The fraction of sp³-hybridized carbons (Fsp3) is 0.188. The highest BCUT2D eigenvalue weighted by Crippen LogP contribution is 2.25. The Kier molecular flexibility index (Phi) is 5.52. The van der Waals surface area contributed by atoms with E-state index in [-0.39, 0.29) is 24.3 Å². The van der Waals surface area contributed by atoms with Crippen molar-refractivity contribution >= 4 is 29.1 Å². The number of halogens is 2. The molecule has 0 unspecified atom stereocenters. The Morgan fingerprint density at radius 1 is 1.18 bits per heavy atom. The predicted octanol–water partition coefficient (Wildman–Crippen LogP) is 3.96. The molecular formula is C16H15Cl2NO3. The minimum atomic E-state index is -0.258. The van der Waals surface area contributed by atoms with Gasteiger partial charge in [-0.15, -0.1) is 0 Å². The number of aromatic hydroxyl groups is 1. The first-order chi connectivity index (χ1) is 10.5. The van der Waals surface area contributed by atoms with Gasteiger partial charge in [-0.1, -0.05) is 29.3 Å². The Balaban J connectivity index is 1.88. The molecule has 0 saturated carbocycles. The zero-order valence-electron chi connectivity index (χ0n) is 11.8. The molecule has 0 aliphatic rings. The molecule has 6 heteroatoms. The van der Waals surface area contributed by atoms with Crippen LogP contribution in [-0.2, 0) is 4.79 Å². The number of phenols is 1. The number of carbonyl (C=O) groups is 1. The molecule has 0 aliphatic heterocycles. The van der Waals surface area contributed by atoms with E-state index in [0.29, 0.717) is 15.8 Å². The SMILES string of the molecule is C[C@H](NC(=O)COc1ccc(O)cc1)c1ccc(Cl)c(Cl)c1. The highest BCUT2D eigenvalue weighted by molar-refractivity contribution is 6.42. The van der Waals surface area contributed by atoms with Crippen molar-refractivity contribution in [2.45, 2.75) is 13.0 Å². The van der Waals surface area contributed by atoms with Crippen molar-refractivity contribution in [2.24, 2.45) is 0 Å². The Morgan fingerprint density at radius 3 is 2.50 bits per heavy atom. The third kappa shape index (κ3) is 4.55. The number of benzene rings is 2. The van der Waals surface area contributed by atoms with Crippen molar-refractivity contribution in [1.29, 1.82) is 0 Å². The van der Waals surface area contributed by atoms with Crippen LogP contribution in [0.2, 0.25) is 10.0 Å². The number of hydrogen-bond donors (Lipinski definition) is 2. The highest BCUT2D eigenvalue weighted by Gasteiger charge is 2.11. The van der Waals surface area contributed by atoms with E-state index in [4.69, 9.17) is 33.0 Å². The van der Waals surface area contributed by atoms with Gasteiger partial charge in [0.05, 0.1) is 16.1 Å². The number of nitrogens with one attached hydrogen (secondary N) is 1. The average molecular weight is 340 g/mol. The van der Waals surface area contributed by atoms with Crippen molar-refractivity contribution in [3.63, 3.8) is 0 Å². The lowest BCUT2D eigenvalue weighted by atomic mass is 10.1. The maximum Gasteiger partial charge on any atom is 0.258 e.